The Balaban J connectivity index is 2.35. The summed E-state index contributed by atoms with van der Waals surface area (Å²) in [6, 6.07) is 0. The molecule has 0 aromatic rings. The average molecular weight is 376 g/mol. The van der Waals surface area contributed by atoms with Crippen LogP contribution in [0.15, 0.2) is 0 Å². The smallest absolute Gasteiger partial charge is 0.426 e. The van der Waals surface area contributed by atoms with Gasteiger partial charge in [0.2, 0.25) is 0 Å². The molecule has 2 saturated carbocycles. The van der Waals surface area contributed by atoms with Gasteiger partial charge in [0.25, 0.3) is 5.60 Å². The van der Waals surface area contributed by atoms with Gasteiger partial charge in [-0.2, -0.15) is 26.3 Å². The molecule has 0 aromatic carbocycles. The molecular weight excluding hydrogens is 354 g/mol. The molecule has 2 aliphatic rings. The molecule has 9 heteroatoms. The first-order chi connectivity index (χ1) is 11.4. The zero-order chi connectivity index (χ0) is 19.0. The van der Waals surface area contributed by atoms with Gasteiger partial charge in [-0.05, 0) is 37.5 Å². The SMILES string of the molecule is CCC(=O)OC1CCC(C(O)(C(F)(F)F)C(F)(F)F)C2CCCCC12. The highest BCUT2D eigenvalue weighted by molar-refractivity contribution is 5.69. The summed E-state index contributed by atoms with van der Waals surface area (Å²) in [5, 5.41) is 9.80. The van der Waals surface area contributed by atoms with Gasteiger partial charge in [0.05, 0.1) is 0 Å². The Morgan fingerprint density at radius 1 is 0.960 bits per heavy atom. The minimum atomic E-state index is -5.81. The van der Waals surface area contributed by atoms with E-state index in [-0.39, 0.29) is 19.3 Å². The van der Waals surface area contributed by atoms with Crippen LogP contribution in [0.5, 0.6) is 0 Å². The van der Waals surface area contributed by atoms with Gasteiger partial charge in [-0.15, -0.1) is 0 Å². The number of esters is 1. The van der Waals surface area contributed by atoms with Crippen LogP contribution in [0.1, 0.15) is 51.9 Å². The number of alkyl halides is 6. The van der Waals surface area contributed by atoms with E-state index in [1.165, 1.54) is 0 Å². The van der Waals surface area contributed by atoms with Crippen LogP contribution in [0.2, 0.25) is 0 Å². The van der Waals surface area contributed by atoms with Crippen molar-refractivity contribution >= 4 is 5.97 Å². The number of hydrogen-bond acceptors (Lipinski definition) is 3. The molecule has 2 fully saturated rings. The fourth-order valence-corrected chi connectivity index (χ4v) is 4.42. The highest BCUT2D eigenvalue weighted by Crippen LogP contribution is 2.57. The van der Waals surface area contributed by atoms with Crippen molar-refractivity contribution in [2.45, 2.75) is 75.9 Å². The first-order valence-corrected chi connectivity index (χ1v) is 8.48. The summed E-state index contributed by atoms with van der Waals surface area (Å²) in [5.74, 6) is -4.06. The minimum Gasteiger partial charge on any atom is -0.462 e. The van der Waals surface area contributed by atoms with Gasteiger partial charge >= 0.3 is 18.3 Å². The van der Waals surface area contributed by atoms with Gasteiger partial charge in [-0.1, -0.05) is 19.8 Å². The third-order valence-corrected chi connectivity index (χ3v) is 5.60. The van der Waals surface area contributed by atoms with Gasteiger partial charge in [-0.3, -0.25) is 4.79 Å². The Morgan fingerprint density at radius 3 is 1.96 bits per heavy atom. The van der Waals surface area contributed by atoms with Gasteiger partial charge in [-0.25, -0.2) is 0 Å². The average Bonchev–Trinajstić information content (AvgIpc) is 2.52. The second kappa shape index (κ2) is 6.96. The summed E-state index contributed by atoms with van der Waals surface area (Å²) in [6.45, 7) is 1.57. The number of ether oxygens (including phenoxy) is 1. The summed E-state index contributed by atoms with van der Waals surface area (Å²) in [7, 11) is 0. The Kier molecular flexibility index (Phi) is 5.66. The van der Waals surface area contributed by atoms with Crippen molar-refractivity contribution < 1.29 is 41.0 Å². The summed E-state index contributed by atoms with van der Waals surface area (Å²) >= 11 is 0. The Hall–Kier alpha value is -0.990. The molecule has 0 aromatic heterocycles. The maximum absolute atomic E-state index is 13.3. The molecule has 4 atom stereocenters. The maximum Gasteiger partial charge on any atom is 0.426 e. The quantitative estimate of drug-likeness (QED) is 0.587. The molecule has 0 spiro atoms. The summed E-state index contributed by atoms with van der Waals surface area (Å²) in [5.41, 5.74) is -4.74. The van der Waals surface area contributed by atoms with Crippen LogP contribution in [0.4, 0.5) is 26.3 Å². The van der Waals surface area contributed by atoms with Crippen molar-refractivity contribution in [2.75, 3.05) is 0 Å². The van der Waals surface area contributed by atoms with Crippen LogP contribution >= 0.6 is 0 Å². The van der Waals surface area contributed by atoms with Crippen molar-refractivity contribution in [3.8, 4) is 0 Å². The molecule has 0 saturated heterocycles. The van der Waals surface area contributed by atoms with Crippen molar-refractivity contribution in [1.29, 1.82) is 0 Å². The van der Waals surface area contributed by atoms with Gasteiger partial charge in [0, 0.05) is 12.3 Å². The van der Waals surface area contributed by atoms with Crippen molar-refractivity contribution in [1.82, 2.24) is 0 Å². The molecule has 2 aliphatic carbocycles. The van der Waals surface area contributed by atoms with E-state index in [1.54, 1.807) is 6.92 Å². The number of hydrogen-bond donors (Lipinski definition) is 1. The lowest BCUT2D eigenvalue weighted by Crippen LogP contribution is -2.65. The second-order valence-corrected chi connectivity index (χ2v) is 6.94. The molecule has 2 rings (SSSR count). The molecule has 0 heterocycles. The topological polar surface area (TPSA) is 46.5 Å². The monoisotopic (exact) mass is 376 g/mol. The highest BCUT2D eigenvalue weighted by Gasteiger charge is 2.75. The predicted octanol–water partition coefficient (Wildman–Crippen LogP) is 4.38. The lowest BCUT2D eigenvalue weighted by molar-refractivity contribution is -0.394. The molecule has 4 unspecified atom stereocenters. The van der Waals surface area contributed by atoms with Crippen LogP contribution in [0, 0.1) is 17.8 Å². The molecular formula is C16H22F6O3. The fourth-order valence-electron chi connectivity index (χ4n) is 4.42. The highest BCUT2D eigenvalue weighted by atomic mass is 19.4. The van der Waals surface area contributed by atoms with Crippen molar-refractivity contribution in [3.05, 3.63) is 0 Å². The summed E-state index contributed by atoms with van der Waals surface area (Å²) in [4.78, 5) is 11.5. The zero-order valence-corrected chi connectivity index (χ0v) is 13.8. The fraction of sp³-hybridized carbons (Fsp3) is 0.938. The predicted molar refractivity (Wildman–Crippen MR) is 75.4 cm³/mol. The Morgan fingerprint density at radius 2 is 1.48 bits per heavy atom. The number of carbonyl (C=O) groups is 1. The molecule has 0 radical (unpaired) electrons. The van der Waals surface area contributed by atoms with E-state index < -0.39 is 54.2 Å². The van der Waals surface area contributed by atoms with Crippen LogP contribution in [0.3, 0.4) is 0 Å². The van der Waals surface area contributed by atoms with E-state index in [0.717, 1.165) is 0 Å². The van der Waals surface area contributed by atoms with E-state index in [2.05, 4.69) is 0 Å². The van der Waals surface area contributed by atoms with E-state index in [1.807, 2.05) is 0 Å². The molecule has 146 valence electrons. The van der Waals surface area contributed by atoms with Crippen molar-refractivity contribution in [2.24, 2.45) is 17.8 Å². The number of rotatable bonds is 3. The van der Waals surface area contributed by atoms with Crippen LogP contribution in [0.25, 0.3) is 0 Å². The maximum atomic E-state index is 13.3. The Labute approximate surface area is 141 Å². The second-order valence-electron chi connectivity index (χ2n) is 6.94. The van der Waals surface area contributed by atoms with Gasteiger partial charge in [0.15, 0.2) is 0 Å². The first kappa shape index (κ1) is 20.3. The summed E-state index contributed by atoms with van der Waals surface area (Å²) < 4.78 is 84.8. The third kappa shape index (κ3) is 3.61. The zero-order valence-electron chi connectivity index (χ0n) is 13.8. The number of carbonyl (C=O) groups excluding carboxylic acids is 1. The molecule has 3 nitrogen and oxygen atoms in total. The van der Waals surface area contributed by atoms with Crippen LogP contribution in [-0.2, 0) is 9.53 Å². The normalized spacial score (nSPS) is 31.4. The van der Waals surface area contributed by atoms with E-state index in [9.17, 15) is 36.2 Å². The first-order valence-electron chi connectivity index (χ1n) is 8.48. The van der Waals surface area contributed by atoms with E-state index >= 15 is 0 Å². The molecule has 25 heavy (non-hydrogen) atoms. The van der Waals surface area contributed by atoms with Crippen LogP contribution in [-0.4, -0.2) is 35.1 Å². The summed E-state index contributed by atoms with van der Waals surface area (Å²) in [6.07, 6.45) is -11.1. The molecule has 1 N–H and O–H groups in total. The number of aliphatic hydroxyl groups is 1. The standard InChI is InChI=1S/C16H22F6O3/c1-2-13(23)25-12-8-7-11(9-5-3-4-6-10(9)12)14(24,15(17,18)19)16(20,21)22/h9-12,24H,2-8H2,1H3. The molecule has 0 aliphatic heterocycles. The number of fused-ring (bicyclic) bond motifs is 1. The van der Waals surface area contributed by atoms with Gasteiger partial charge < -0.3 is 9.84 Å². The van der Waals surface area contributed by atoms with Gasteiger partial charge in [0.1, 0.15) is 6.10 Å². The van der Waals surface area contributed by atoms with E-state index in [4.69, 9.17) is 4.74 Å². The van der Waals surface area contributed by atoms with E-state index in [0.29, 0.717) is 19.3 Å². The molecule has 0 amide bonds. The number of halogens is 6. The lowest BCUT2D eigenvalue weighted by Gasteiger charge is -2.51. The largest absolute Gasteiger partial charge is 0.462 e. The van der Waals surface area contributed by atoms with Crippen LogP contribution < -0.4 is 0 Å². The minimum absolute atomic E-state index is 0.0896. The lowest BCUT2D eigenvalue weighted by atomic mass is 9.59. The molecule has 0 bridgehead atoms. The Bertz CT molecular complexity index is 473. The third-order valence-electron chi connectivity index (χ3n) is 5.60. The van der Waals surface area contributed by atoms with Crippen molar-refractivity contribution in [3.63, 3.8) is 0 Å².